The van der Waals surface area contributed by atoms with Crippen LogP contribution in [0.5, 0.6) is 0 Å². The van der Waals surface area contributed by atoms with Gasteiger partial charge in [-0.3, -0.25) is 0 Å². The van der Waals surface area contributed by atoms with E-state index < -0.39 is 11.6 Å². The number of hydrogen-bond donors (Lipinski definition) is 0. The van der Waals surface area contributed by atoms with Crippen LogP contribution in [0.25, 0.3) is 0 Å². The van der Waals surface area contributed by atoms with Gasteiger partial charge in [-0.1, -0.05) is 51.5 Å². The third kappa shape index (κ3) is 2.94. The van der Waals surface area contributed by atoms with E-state index in [9.17, 15) is 8.78 Å². The van der Waals surface area contributed by atoms with Crippen molar-refractivity contribution in [3.05, 3.63) is 35.4 Å². The molecule has 0 N–H and O–H groups in total. The van der Waals surface area contributed by atoms with Gasteiger partial charge in [0.25, 0.3) is 0 Å². The van der Waals surface area contributed by atoms with Crippen molar-refractivity contribution >= 4 is 0 Å². The summed E-state index contributed by atoms with van der Waals surface area (Å²) in [6, 6.07) is 4.68. The molecule has 2 fully saturated rings. The Labute approximate surface area is 133 Å². The molecule has 1 aromatic carbocycles. The summed E-state index contributed by atoms with van der Waals surface area (Å²) in [5.41, 5.74) is 1.16. The van der Waals surface area contributed by atoms with Gasteiger partial charge in [0.15, 0.2) is 11.6 Å². The standard InChI is InChI=1S/C20H28F2/c1-2-15-6-8-16(9-7-15)20(12-4-3-5-13-20)17-10-11-18(21)19(22)14-17/h10-11,14-16H,2-9,12-13H2,1H3. The lowest BCUT2D eigenvalue weighted by atomic mass is 9.57. The number of hydrogen-bond acceptors (Lipinski definition) is 0. The summed E-state index contributed by atoms with van der Waals surface area (Å²) >= 11 is 0. The van der Waals surface area contributed by atoms with Gasteiger partial charge in [-0.15, -0.1) is 0 Å². The van der Waals surface area contributed by atoms with Crippen LogP contribution in [0, 0.1) is 23.5 Å². The topological polar surface area (TPSA) is 0 Å². The molecule has 0 aliphatic heterocycles. The molecule has 0 aromatic heterocycles. The lowest BCUT2D eigenvalue weighted by Gasteiger charge is -2.47. The molecule has 0 amide bonds. The van der Waals surface area contributed by atoms with E-state index in [1.165, 1.54) is 63.5 Å². The molecular formula is C20H28F2. The minimum Gasteiger partial charge on any atom is -0.204 e. The molecule has 0 spiro atoms. The Morgan fingerprint density at radius 1 is 0.955 bits per heavy atom. The van der Waals surface area contributed by atoms with Crippen molar-refractivity contribution in [2.45, 2.75) is 76.5 Å². The van der Waals surface area contributed by atoms with E-state index in [0.717, 1.165) is 24.3 Å². The van der Waals surface area contributed by atoms with Gasteiger partial charge in [0.1, 0.15) is 0 Å². The van der Waals surface area contributed by atoms with Crippen LogP contribution < -0.4 is 0 Å². The van der Waals surface area contributed by atoms with Crippen LogP contribution in [0.1, 0.15) is 76.7 Å². The fourth-order valence-corrected chi connectivity index (χ4v) is 5.04. The zero-order valence-corrected chi connectivity index (χ0v) is 13.7. The molecule has 0 atom stereocenters. The molecule has 2 aliphatic rings. The van der Waals surface area contributed by atoms with Crippen molar-refractivity contribution in [3.63, 3.8) is 0 Å². The first-order chi connectivity index (χ1) is 10.7. The smallest absolute Gasteiger partial charge is 0.159 e. The molecule has 2 aliphatic carbocycles. The SMILES string of the molecule is CCC1CCC(C2(c3ccc(F)c(F)c3)CCCCC2)CC1. The average Bonchev–Trinajstić information content (AvgIpc) is 2.58. The summed E-state index contributed by atoms with van der Waals surface area (Å²) in [5.74, 6) is 0.136. The van der Waals surface area contributed by atoms with Crippen LogP contribution >= 0.6 is 0 Å². The van der Waals surface area contributed by atoms with Crippen LogP contribution in [-0.4, -0.2) is 0 Å². The van der Waals surface area contributed by atoms with Crippen molar-refractivity contribution < 1.29 is 8.78 Å². The lowest BCUT2D eigenvalue weighted by molar-refractivity contribution is 0.126. The summed E-state index contributed by atoms with van der Waals surface area (Å²) in [6.45, 7) is 2.29. The van der Waals surface area contributed by atoms with Gasteiger partial charge < -0.3 is 0 Å². The molecular weight excluding hydrogens is 278 g/mol. The number of halogens is 2. The Balaban J connectivity index is 1.89. The van der Waals surface area contributed by atoms with E-state index in [0.29, 0.717) is 5.92 Å². The molecule has 0 bridgehead atoms. The van der Waals surface area contributed by atoms with Crippen molar-refractivity contribution in [2.75, 3.05) is 0 Å². The highest BCUT2D eigenvalue weighted by molar-refractivity contribution is 5.29. The normalized spacial score (nSPS) is 28.5. The predicted octanol–water partition coefficient (Wildman–Crippen LogP) is 6.38. The van der Waals surface area contributed by atoms with E-state index in [4.69, 9.17) is 0 Å². The van der Waals surface area contributed by atoms with E-state index in [1.54, 1.807) is 0 Å². The Morgan fingerprint density at radius 2 is 1.64 bits per heavy atom. The first-order valence-electron chi connectivity index (χ1n) is 9.11. The second-order valence-corrected chi connectivity index (χ2v) is 7.47. The zero-order valence-electron chi connectivity index (χ0n) is 13.7. The van der Waals surface area contributed by atoms with E-state index in [2.05, 4.69) is 6.92 Å². The summed E-state index contributed by atoms with van der Waals surface area (Å²) in [5, 5.41) is 0. The molecule has 2 heteroatoms. The average molecular weight is 306 g/mol. The summed E-state index contributed by atoms with van der Waals surface area (Å²) in [4.78, 5) is 0. The van der Waals surface area contributed by atoms with Gasteiger partial charge in [-0.2, -0.15) is 0 Å². The summed E-state index contributed by atoms with van der Waals surface area (Å²) in [7, 11) is 0. The number of rotatable bonds is 3. The van der Waals surface area contributed by atoms with Crippen LogP contribution in [0.4, 0.5) is 8.78 Å². The van der Waals surface area contributed by atoms with Crippen molar-refractivity contribution in [1.82, 2.24) is 0 Å². The second-order valence-electron chi connectivity index (χ2n) is 7.47. The highest BCUT2D eigenvalue weighted by Gasteiger charge is 2.42. The van der Waals surface area contributed by atoms with Crippen molar-refractivity contribution in [2.24, 2.45) is 11.8 Å². The molecule has 0 unspecified atom stereocenters. The Hall–Kier alpha value is -0.920. The third-order valence-electron chi connectivity index (χ3n) is 6.45. The molecule has 122 valence electrons. The van der Waals surface area contributed by atoms with Gasteiger partial charge in [0, 0.05) is 0 Å². The summed E-state index contributed by atoms with van der Waals surface area (Å²) in [6.07, 6.45) is 12.5. The Bertz CT molecular complexity index is 494. The van der Waals surface area contributed by atoms with Crippen LogP contribution in [0.15, 0.2) is 18.2 Å². The van der Waals surface area contributed by atoms with Gasteiger partial charge >= 0.3 is 0 Å². The molecule has 22 heavy (non-hydrogen) atoms. The zero-order chi connectivity index (χ0) is 15.6. The third-order valence-corrected chi connectivity index (χ3v) is 6.45. The Kier molecular flexibility index (Phi) is 4.84. The van der Waals surface area contributed by atoms with Gasteiger partial charge in [-0.25, -0.2) is 8.78 Å². The maximum absolute atomic E-state index is 13.8. The summed E-state index contributed by atoms with van der Waals surface area (Å²) < 4.78 is 27.2. The van der Waals surface area contributed by atoms with Gasteiger partial charge in [0.2, 0.25) is 0 Å². The predicted molar refractivity (Wildman–Crippen MR) is 86.9 cm³/mol. The van der Waals surface area contributed by atoms with Crippen molar-refractivity contribution in [3.8, 4) is 0 Å². The lowest BCUT2D eigenvalue weighted by Crippen LogP contribution is -2.39. The molecule has 0 nitrogen and oxygen atoms in total. The minimum atomic E-state index is -0.718. The van der Waals surface area contributed by atoms with Crippen LogP contribution in [0.2, 0.25) is 0 Å². The molecule has 0 radical (unpaired) electrons. The largest absolute Gasteiger partial charge is 0.204 e. The molecule has 2 saturated carbocycles. The van der Waals surface area contributed by atoms with E-state index in [-0.39, 0.29) is 5.41 Å². The van der Waals surface area contributed by atoms with Gasteiger partial charge in [-0.05, 0) is 60.6 Å². The second kappa shape index (κ2) is 6.68. The van der Waals surface area contributed by atoms with Crippen LogP contribution in [0.3, 0.4) is 0 Å². The quantitative estimate of drug-likeness (QED) is 0.607. The first-order valence-corrected chi connectivity index (χ1v) is 9.11. The van der Waals surface area contributed by atoms with E-state index >= 15 is 0 Å². The molecule has 3 rings (SSSR count). The maximum Gasteiger partial charge on any atom is 0.159 e. The number of benzene rings is 1. The maximum atomic E-state index is 13.8. The van der Waals surface area contributed by atoms with Crippen molar-refractivity contribution in [1.29, 1.82) is 0 Å². The Morgan fingerprint density at radius 3 is 2.23 bits per heavy atom. The molecule has 0 saturated heterocycles. The highest BCUT2D eigenvalue weighted by Crippen LogP contribution is 2.51. The fourth-order valence-electron chi connectivity index (χ4n) is 5.04. The minimum absolute atomic E-state index is 0.103. The molecule has 1 aromatic rings. The molecule has 0 heterocycles. The first kappa shape index (κ1) is 16.0. The monoisotopic (exact) mass is 306 g/mol. The highest BCUT2D eigenvalue weighted by atomic mass is 19.2. The fraction of sp³-hybridized carbons (Fsp3) is 0.700. The van der Waals surface area contributed by atoms with E-state index in [1.807, 2.05) is 6.07 Å². The van der Waals surface area contributed by atoms with Crippen LogP contribution in [-0.2, 0) is 5.41 Å². The van der Waals surface area contributed by atoms with Gasteiger partial charge in [0.05, 0.1) is 0 Å².